The lowest BCUT2D eigenvalue weighted by molar-refractivity contribution is -0.187. The maximum absolute atomic E-state index is 13.5. The Bertz CT molecular complexity index is 939. The van der Waals surface area contributed by atoms with Gasteiger partial charge in [0.2, 0.25) is 6.10 Å². The number of hydrogen-bond donors (Lipinski definition) is 0. The van der Waals surface area contributed by atoms with Crippen molar-refractivity contribution >= 4 is 43.9 Å². The van der Waals surface area contributed by atoms with Gasteiger partial charge in [0.25, 0.3) is 0 Å². The Balaban J connectivity index is 2.02. The predicted molar refractivity (Wildman–Crippen MR) is 106 cm³/mol. The summed E-state index contributed by atoms with van der Waals surface area (Å²) in [6, 6.07) is 10.8. The van der Waals surface area contributed by atoms with Crippen molar-refractivity contribution in [1.82, 2.24) is 0 Å². The number of halogens is 5. The molecular formula is C20H15Br2F3O3. The number of rotatable bonds is 4. The van der Waals surface area contributed by atoms with E-state index in [-0.39, 0.29) is 12.4 Å². The standard InChI is InChI=1S/C20H15Br2F3O3/c1-2-27-19(26)14-8-13-9-16(22)12(7-11-5-3-4-6-15(11)21)10-17(13)28-18(14)20(23,24)25/h3-6,8-10,18H,2,7H2,1H3. The van der Waals surface area contributed by atoms with Crippen LogP contribution in [0.3, 0.4) is 0 Å². The summed E-state index contributed by atoms with van der Waals surface area (Å²) in [6.07, 6.45) is -5.44. The molecule has 0 aromatic heterocycles. The molecule has 0 amide bonds. The molecule has 1 atom stereocenters. The second-order valence-corrected chi connectivity index (χ2v) is 7.82. The zero-order valence-electron chi connectivity index (χ0n) is 14.6. The number of esters is 1. The first-order valence-electron chi connectivity index (χ1n) is 8.38. The molecule has 1 aliphatic heterocycles. The molecule has 0 spiro atoms. The van der Waals surface area contributed by atoms with Gasteiger partial charge in [0.15, 0.2) is 0 Å². The summed E-state index contributed by atoms with van der Waals surface area (Å²) in [6.45, 7) is 1.51. The smallest absolute Gasteiger partial charge is 0.430 e. The average Bonchev–Trinajstić information content (AvgIpc) is 2.62. The van der Waals surface area contributed by atoms with Crippen LogP contribution in [0.1, 0.15) is 23.6 Å². The SMILES string of the molecule is CCOC(=O)C1=Cc2cc(Br)c(Cc3ccccc3Br)cc2OC1C(F)(F)F. The van der Waals surface area contributed by atoms with Crippen LogP contribution in [0.2, 0.25) is 0 Å². The molecule has 0 aliphatic carbocycles. The van der Waals surface area contributed by atoms with E-state index < -0.39 is 23.8 Å². The highest BCUT2D eigenvalue weighted by Crippen LogP contribution is 2.40. The Labute approximate surface area is 176 Å². The Morgan fingerprint density at radius 3 is 2.50 bits per heavy atom. The van der Waals surface area contributed by atoms with Crippen LogP contribution in [0.15, 0.2) is 50.9 Å². The van der Waals surface area contributed by atoms with Crippen LogP contribution in [0.5, 0.6) is 5.75 Å². The van der Waals surface area contributed by atoms with Gasteiger partial charge in [0.05, 0.1) is 12.2 Å². The van der Waals surface area contributed by atoms with E-state index in [1.165, 1.54) is 13.0 Å². The van der Waals surface area contributed by atoms with Gasteiger partial charge in [-0.25, -0.2) is 4.79 Å². The molecule has 2 aromatic carbocycles. The van der Waals surface area contributed by atoms with Crippen LogP contribution < -0.4 is 4.74 Å². The van der Waals surface area contributed by atoms with Crippen molar-refractivity contribution in [3.05, 3.63) is 67.6 Å². The van der Waals surface area contributed by atoms with Crippen molar-refractivity contribution in [2.24, 2.45) is 0 Å². The van der Waals surface area contributed by atoms with E-state index in [1.54, 1.807) is 12.1 Å². The first-order chi connectivity index (χ1) is 13.2. The second-order valence-electron chi connectivity index (χ2n) is 6.11. The fourth-order valence-electron chi connectivity index (χ4n) is 2.87. The third-order valence-corrected chi connectivity index (χ3v) is 5.68. The molecule has 1 heterocycles. The minimum Gasteiger partial charge on any atom is -0.475 e. The zero-order chi connectivity index (χ0) is 20.5. The zero-order valence-corrected chi connectivity index (χ0v) is 17.8. The van der Waals surface area contributed by atoms with Crippen molar-refractivity contribution in [2.75, 3.05) is 6.61 Å². The Morgan fingerprint density at radius 1 is 1.14 bits per heavy atom. The van der Waals surface area contributed by atoms with Crippen LogP contribution in [0.4, 0.5) is 13.2 Å². The fraction of sp³-hybridized carbons (Fsp3) is 0.250. The summed E-state index contributed by atoms with van der Waals surface area (Å²) in [4.78, 5) is 12.0. The quantitative estimate of drug-likeness (QED) is 0.460. The largest absolute Gasteiger partial charge is 0.475 e. The van der Waals surface area contributed by atoms with Gasteiger partial charge in [-0.15, -0.1) is 0 Å². The van der Waals surface area contributed by atoms with Crippen molar-refractivity contribution in [3.8, 4) is 5.75 Å². The summed E-state index contributed by atoms with van der Waals surface area (Å²) in [5, 5.41) is 0. The minimum atomic E-state index is -4.74. The maximum Gasteiger partial charge on any atom is 0.430 e. The topological polar surface area (TPSA) is 35.5 Å². The van der Waals surface area contributed by atoms with Gasteiger partial charge >= 0.3 is 12.1 Å². The highest BCUT2D eigenvalue weighted by atomic mass is 79.9. The number of alkyl halides is 3. The van der Waals surface area contributed by atoms with Gasteiger partial charge in [0.1, 0.15) is 5.75 Å². The number of carbonyl (C=O) groups excluding carboxylic acids is 1. The normalized spacial score (nSPS) is 16.1. The van der Waals surface area contributed by atoms with Crippen LogP contribution in [-0.2, 0) is 16.0 Å². The summed E-state index contributed by atoms with van der Waals surface area (Å²) in [7, 11) is 0. The summed E-state index contributed by atoms with van der Waals surface area (Å²) >= 11 is 6.93. The predicted octanol–water partition coefficient (Wildman–Crippen LogP) is 6.07. The molecule has 0 bridgehead atoms. The van der Waals surface area contributed by atoms with Crippen LogP contribution >= 0.6 is 31.9 Å². The molecule has 28 heavy (non-hydrogen) atoms. The molecule has 1 aliphatic rings. The van der Waals surface area contributed by atoms with Gasteiger partial charge in [-0.3, -0.25) is 0 Å². The number of hydrogen-bond acceptors (Lipinski definition) is 3. The lowest BCUT2D eigenvalue weighted by Gasteiger charge is -2.28. The molecule has 3 nitrogen and oxygen atoms in total. The van der Waals surface area contributed by atoms with Gasteiger partial charge in [-0.1, -0.05) is 50.1 Å². The van der Waals surface area contributed by atoms with E-state index in [0.717, 1.165) is 15.6 Å². The second kappa shape index (κ2) is 8.29. The van der Waals surface area contributed by atoms with E-state index in [4.69, 9.17) is 9.47 Å². The van der Waals surface area contributed by atoms with E-state index in [1.807, 2.05) is 24.3 Å². The number of fused-ring (bicyclic) bond motifs is 1. The van der Waals surface area contributed by atoms with Crippen LogP contribution in [-0.4, -0.2) is 24.9 Å². The van der Waals surface area contributed by atoms with E-state index >= 15 is 0 Å². The van der Waals surface area contributed by atoms with Crippen molar-refractivity contribution in [2.45, 2.75) is 25.6 Å². The molecule has 0 radical (unpaired) electrons. The van der Waals surface area contributed by atoms with E-state index in [2.05, 4.69) is 31.9 Å². The monoisotopic (exact) mass is 518 g/mol. The van der Waals surface area contributed by atoms with Gasteiger partial charge in [-0.2, -0.15) is 13.2 Å². The Kier molecular flexibility index (Phi) is 6.19. The van der Waals surface area contributed by atoms with Crippen molar-refractivity contribution in [1.29, 1.82) is 0 Å². The molecular weight excluding hydrogens is 505 g/mol. The lowest BCUT2D eigenvalue weighted by atomic mass is 9.98. The molecule has 2 aromatic rings. The molecule has 1 unspecified atom stereocenters. The van der Waals surface area contributed by atoms with E-state index in [0.29, 0.717) is 16.5 Å². The first kappa shape index (κ1) is 20.9. The number of benzene rings is 2. The molecule has 8 heteroatoms. The van der Waals surface area contributed by atoms with Crippen LogP contribution in [0.25, 0.3) is 6.08 Å². The van der Waals surface area contributed by atoms with Crippen molar-refractivity contribution < 1.29 is 27.4 Å². The van der Waals surface area contributed by atoms with E-state index in [9.17, 15) is 18.0 Å². The minimum absolute atomic E-state index is 0.0256. The summed E-state index contributed by atoms with van der Waals surface area (Å²) in [5.41, 5.74) is 1.56. The molecule has 0 saturated carbocycles. The third-order valence-electron chi connectivity index (χ3n) is 4.16. The molecule has 0 saturated heterocycles. The summed E-state index contributed by atoms with van der Waals surface area (Å²) < 4.78 is 52.0. The van der Waals surface area contributed by atoms with Gasteiger partial charge in [0, 0.05) is 14.5 Å². The number of carbonyl (C=O) groups is 1. The average molecular weight is 520 g/mol. The lowest BCUT2D eigenvalue weighted by Crippen LogP contribution is -2.40. The third kappa shape index (κ3) is 4.43. The van der Waals surface area contributed by atoms with Gasteiger partial charge in [-0.05, 0) is 48.7 Å². The molecule has 3 rings (SSSR count). The highest BCUT2D eigenvalue weighted by molar-refractivity contribution is 9.10. The number of ether oxygens (including phenoxy) is 2. The van der Waals surface area contributed by atoms with Gasteiger partial charge < -0.3 is 9.47 Å². The Hall–Kier alpha value is -1.80. The summed E-state index contributed by atoms with van der Waals surface area (Å²) in [5.74, 6) is -0.968. The maximum atomic E-state index is 13.5. The highest BCUT2D eigenvalue weighted by Gasteiger charge is 2.48. The first-order valence-corrected chi connectivity index (χ1v) is 9.97. The van der Waals surface area contributed by atoms with Crippen molar-refractivity contribution in [3.63, 3.8) is 0 Å². The Morgan fingerprint density at radius 2 is 1.86 bits per heavy atom. The molecule has 0 fully saturated rings. The van der Waals surface area contributed by atoms with Crippen LogP contribution in [0, 0.1) is 0 Å². The molecule has 0 N–H and O–H groups in total. The fourth-order valence-corrected chi connectivity index (χ4v) is 3.79. The molecule has 148 valence electrons.